The van der Waals surface area contributed by atoms with Gasteiger partial charge in [-0.2, -0.15) is 13.2 Å². The van der Waals surface area contributed by atoms with Crippen LogP contribution in [0.4, 0.5) is 13.2 Å². The van der Waals surface area contributed by atoms with Crippen molar-refractivity contribution >= 4 is 5.97 Å². The third kappa shape index (κ3) is 4.22. The lowest BCUT2D eigenvalue weighted by molar-refractivity contribution is -0.166. The second-order valence-corrected chi connectivity index (χ2v) is 9.24. The van der Waals surface area contributed by atoms with Gasteiger partial charge in [0.25, 0.3) is 0 Å². The summed E-state index contributed by atoms with van der Waals surface area (Å²) in [7, 11) is 0. The second-order valence-electron chi connectivity index (χ2n) is 9.24. The summed E-state index contributed by atoms with van der Waals surface area (Å²) >= 11 is 0. The summed E-state index contributed by atoms with van der Waals surface area (Å²) in [6.45, 7) is 4.04. The molecule has 0 radical (unpaired) electrons. The van der Waals surface area contributed by atoms with Crippen molar-refractivity contribution in [3.05, 3.63) is 34.9 Å². The highest BCUT2D eigenvalue weighted by atomic mass is 19.4. The fraction of sp³-hybridized carbons (Fsp3) is 0.682. The van der Waals surface area contributed by atoms with Gasteiger partial charge >= 0.3 is 12.1 Å². The lowest BCUT2D eigenvalue weighted by Gasteiger charge is -2.51. The van der Waals surface area contributed by atoms with Gasteiger partial charge in [-0.3, -0.25) is 0 Å². The van der Waals surface area contributed by atoms with E-state index in [9.17, 15) is 28.2 Å². The van der Waals surface area contributed by atoms with Crippen molar-refractivity contribution in [3.8, 4) is 0 Å². The lowest BCUT2D eigenvalue weighted by Crippen LogP contribution is -2.50. The van der Waals surface area contributed by atoms with Gasteiger partial charge < -0.3 is 10.2 Å². The molecule has 0 bridgehead atoms. The van der Waals surface area contributed by atoms with Gasteiger partial charge in [-0.25, -0.2) is 4.79 Å². The summed E-state index contributed by atoms with van der Waals surface area (Å²) in [5, 5.41) is 20.4. The predicted octanol–water partition coefficient (Wildman–Crippen LogP) is 5.49. The zero-order valence-corrected chi connectivity index (χ0v) is 16.5. The molecule has 156 valence electrons. The molecule has 1 aromatic rings. The first kappa shape index (κ1) is 21.2. The number of halogens is 3. The van der Waals surface area contributed by atoms with Crippen molar-refractivity contribution in [3.63, 3.8) is 0 Å². The quantitative estimate of drug-likeness (QED) is 0.705. The maximum absolute atomic E-state index is 13.7. The monoisotopic (exact) mass is 398 g/mol. The smallest absolute Gasteiger partial charge is 0.389 e. The SMILES string of the molecule is CC(C)C[C@@]1(O)CC[C@@]2(CC(F)(F)F)c3ccc(C(=O)O)cc3CCC[C@H]2C1. The Morgan fingerprint density at radius 2 is 2.00 bits per heavy atom. The number of benzene rings is 1. The molecule has 0 amide bonds. The number of hydrogen-bond acceptors (Lipinski definition) is 2. The minimum atomic E-state index is -4.32. The van der Waals surface area contributed by atoms with Crippen LogP contribution in [0.25, 0.3) is 0 Å². The van der Waals surface area contributed by atoms with E-state index in [2.05, 4.69) is 0 Å². The molecule has 3 atom stereocenters. The number of alkyl halides is 3. The molecule has 6 heteroatoms. The Hall–Kier alpha value is -1.56. The molecule has 2 N–H and O–H groups in total. The van der Waals surface area contributed by atoms with E-state index >= 15 is 0 Å². The lowest BCUT2D eigenvalue weighted by atomic mass is 9.55. The van der Waals surface area contributed by atoms with Crippen molar-refractivity contribution in [1.29, 1.82) is 0 Å². The minimum absolute atomic E-state index is 0.117. The largest absolute Gasteiger partial charge is 0.478 e. The molecular weight excluding hydrogens is 369 g/mol. The summed E-state index contributed by atoms with van der Waals surface area (Å²) in [4.78, 5) is 11.3. The highest BCUT2D eigenvalue weighted by molar-refractivity contribution is 5.88. The molecule has 0 aromatic heterocycles. The molecule has 3 nitrogen and oxygen atoms in total. The van der Waals surface area contributed by atoms with Crippen molar-refractivity contribution < 1.29 is 28.2 Å². The zero-order valence-electron chi connectivity index (χ0n) is 16.5. The molecule has 0 aliphatic heterocycles. The van der Waals surface area contributed by atoms with E-state index in [-0.39, 0.29) is 23.8 Å². The summed E-state index contributed by atoms with van der Waals surface area (Å²) < 4.78 is 41.1. The number of carbonyl (C=O) groups is 1. The molecule has 1 aromatic carbocycles. The van der Waals surface area contributed by atoms with E-state index in [4.69, 9.17) is 0 Å². The van der Waals surface area contributed by atoms with Crippen molar-refractivity contribution in [2.75, 3.05) is 0 Å². The number of carboxylic acid groups (broad SMARTS) is 1. The molecule has 28 heavy (non-hydrogen) atoms. The van der Waals surface area contributed by atoms with Crippen LogP contribution >= 0.6 is 0 Å². The van der Waals surface area contributed by atoms with Crippen molar-refractivity contribution in [1.82, 2.24) is 0 Å². The van der Waals surface area contributed by atoms with E-state index in [1.165, 1.54) is 6.07 Å². The van der Waals surface area contributed by atoms with Crippen molar-refractivity contribution in [2.24, 2.45) is 11.8 Å². The average Bonchev–Trinajstić information content (AvgIpc) is 2.69. The van der Waals surface area contributed by atoms with Gasteiger partial charge in [0.15, 0.2) is 0 Å². The van der Waals surface area contributed by atoms with Gasteiger partial charge in [-0.1, -0.05) is 19.9 Å². The fourth-order valence-corrected chi connectivity index (χ4v) is 5.74. The summed E-state index contributed by atoms with van der Waals surface area (Å²) in [5.74, 6) is -1.05. The van der Waals surface area contributed by atoms with E-state index in [1.807, 2.05) is 13.8 Å². The molecule has 0 unspecified atom stereocenters. The Morgan fingerprint density at radius 3 is 2.61 bits per heavy atom. The van der Waals surface area contributed by atoms with Crippen LogP contribution in [0, 0.1) is 11.8 Å². The van der Waals surface area contributed by atoms with Crippen LogP contribution in [-0.2, 0) is 11.8 Å². The molecule has 1 saturated carbocycles. The molecular formula is C22H29F3O3. The summed E-state index contributed by atoms with van der Waals surface area (Å²) in [6, 6.07) is 4.58. The van der Waals surface area contributed by atoms with Crippen LogP contribution in [0.3, 0.4) is 0 Å². The van der Waals surface area contributed by atoms with Crippen LogP contribution in [0.15, 0.2) is 18.2 Å². The third-order valence-electron chi connectivity index (χ3n) is 6.64. The summed E-state index contributed by atoms with van der Waals surface area (Å²) in [6.07, 6.45) is -1.74. The van der Waals surface area contributed by atoms with Crippen LogP contribution in [0.2, 0.25) is 0 Å². The van der Waals surface area contributed by atoms with Gasteiger partial charge in [0.2, 0.25) is 0 Å². The first-order valence-electron chi connectivity index (χ1n) is 10.1. The fourth-order valence-electron chi connectivity index (χ4n) is 5.74. The second kappa shape index (κ2) is 7.36. The molecule has 0 heterocycles. The third-order valence-corrected chi connectivity index (χ3v) is 6.64. The molecule has 0 saturated heterocycles. The van der Waals surface area contributed by atoms with Crippen molar-refractivity contribution in [2.45, 2.75) is 82.4 Å². The normalized spacial score (nSPS) is 30.5. The number of aliphatic hydroxyl groups is 1. The Bertz CT molecular complexity index is 743. The van der Waals surface area contributed by atoms with Gasteiger partial charge in [0.1, 0.15) is 0 Å². The number of rotatable bonds is 4. The molecule has 2 aliphatic carbocycles. The summed E-state index contributed by atoms with van der Waals surface area (Å²) in [5.41, 5.74) is -0.514. The van der Waals surface area contributed by atoms with E-state index in [0.29, 0.717) is 44.1 Å². The van der Waals surface area contributed by atoms with Crippen LogP contribution < -0.4 is 0 Å². The maximum Gasteiger partial charge on any atom is 0.389 e. The highest BCUT2D eigenvalue weighted by Gasteiger charge is 2.54. The van der Waals surface area contributed by atoms with Gasteiger partial charge in [-0.05, 0) is 80.0 Å². The Kier molecular flexibility index (Phi) is 5.56. The Balaban J connectivity index is 2.07. The van der Waals surface area contributed by atoms with Gasteiger partial charge in [0, 0.05) is 5.41 Å². The van der Waals surface area contributed by atoms with Gasteiger partial charge in [0.05, 0.1) is 17.6 Å². The maximum atomic E-state index is 13.7. The zero-order chi connectivity index (χ0) is 20.7. The number of hydrogen-bond donors (Lipinski definition) is 2. The Morgan fingerprint density at radius 1 is 1.29 bits per heavy atom. The molecule has 0 spiro atoms. The van der Waals surface area contributed by atoms with E-state index in [0.717, 1.165) is 5.56 Å². The number of aryl methyl sites for hydroxylation is 1. The van der Waals surface area contributed by atoms with Crippen LogP contribution in [0.1, 0.15) is 80.3 Å². The standard InChI is InChI=1S/C22H29F3O3/c1-14(2)11-20(28)8-9-21(13-22(23,24)25)17(12-20)5-3-4-15-10-16(19(26)27)6-7-18(15)21/h6-7,10,14,17,28H,3-5,8-9,11-13H2,1-2H3,(H,26,27)/t17-,20-,21-/m0/s1. The first-order chi connectivity index (χ1) is 12.9. The van der Waals surface area contributed by atoms with Crippen LogP contribution in [-0.4, -0.2) is 28.0 Å². The Labute approximate surface area is 164 Å². The minimum Gasteiger partial charge on any atom is -0.478 e. The predicted molar refractivity (Wildman–Crippen MR) is 100 cm³/mol. The van der Waals surface area contributed by atoms with Gasteiger partial charge in [-0.15, -0.1) is 0 Å². The van der Waals surface area contributed by atoms with E-state index in [1.54, 1.807) is 12.1 Å². The number of fused-ring (bicyclic) bond motifs is 3. The molecule has 3 rings (SSSR count). The molecule has 2 aliphatic rings. The van der Waals surface area contributed by atoms with Crippen LogP contribution in [0.5, 0.6) is 0 Å². The topological polar surface area (TPSA) is 57.5 Å². The first-order valence-corrected chi connectivity index (χ1v) is 10.1. The average molecular weight is 398 g/mol. The number of carboxylic acids is 1. The highest BCUT2D eigenvalue weighted by Crippen LogP contribution is 2.56. The molecule has 1 fully saturated rings. The number of aromatic carboxylic acids is 1. The van der Waals surface area contributed by atoms with E-state index < -0.39 is 29.6 Å².